The van der Waals surface area contributed by atoms with Crippen LogP contribution in [0.5, 0.6) is 0 Å². The first-order valence-corrected chi connectivity index (χ1v) is 11.1. The number of carbonyl (C=O) groups is 2. The summed E-state index contributed by atoms with van der Waals surface area (Å²) in [6.07, 6.45) is 0.412. The van der Waals surface area contributed by atoms with Crippen molar-refractivity contribution in [3.05, 3.63) is 118 Å². The van der Waals surface area contributed by atoms with Crippen molar-refractivity contribution < 1.29 is 23.5 Å². The third kappa shape index (κ3) is 3.97. The van der Waals surface area contributed by atoms with Gasteiger partial charge in [-0.3, -0.25) is 9.59 Å². The molecule has 1 N–H and O–H groups in total. The number of rotatable bonds is 6. The molecule has 34 heavy (non-hydrogen) atoms. The number of para-hydroxylation sites is 1. The second-order valence-corrected chi connectivity index (χ2v) is 8.51. The lowest BCUT2D eigenvalue weighted by atomic mass is 9.95. The quantitative estimate of drug-likeness (QED) is 0.345. The molecule has 1 aromatic heterocycles. The number of furan rings is 1. The first-order chi connectivity index (χ1) is 16.4. The number of aliphatic hydroxyl groups excluding tert-OH is 1. The van der Waals surface area contributed by atoms with Crippen LogP contribution < -0.4 is 0 Å². The number of hydrogen-bond acceptors (Lipinski definition) is 4. The van der Waals surface area contributed by atoms with E-state index in [0.717, 1.165) is 10.9 Å². The molecule has 0 aliphatic carbocycles. The normalized spacial score (nSPS) is 16.0. The van der Waals surface area contributed by atoms with Crippen molar-refractivity contribution in [2.75, 3.05) is 6.54 Å². The molecule has 7 heteroatoms. The fourth-order valence-electron chi connectivity index (χ4n) is 4.23. The lowest BCUT2D eigenvalue weighted by Gasteiger charge is -2.26. The number of benzene rings is 3. The molecule has 0 saturated heterocycles. The van der Waals surface area contributed by atoms with Gasteiger partial charge in [-0.25, -0.2) is 4.39 Å². The van der Waals surface area contributed by atoms with Gasteiger partial charge in [0.15, 0.2) is 11.5 Å². The minimum Gasteiger partial charge on any atom is -0.503 e. The highest BCUT2D eigenvalue weighted by Crippen LogP contribution is 2.40. The molecule has 0 fully saturated rings. The molecular formula is C27H19ClFNO4. The van der Waals surface area contributed by atoms with Crippen molar-refractivity contribution in [3.63, 3.8) is 0 Å². The molecule has 1 amide bonds. The van der Waals surface area contributed by atoms with Gasteiger partial charge in [-0.2, -0.15) is 0 Å². The second-order valence-electron chi connectivity index (χ2n) is 8.07. The van der Waals surface area contributed by atoms with Crippen molar-refractivity contribution in [3.8, 4) is 0 Å². The second kappa shape index (κ2) is 8.80. The maximum atomic E-state index is 13.5. The molecule has 170 valence electrons. The Labute approximate surface area is 199 Å². The highest BCUT2D eigenvalue weighted by atomic mass is 35.5. The zero-order valence-electron chi connectivity index (χ0n) is 17.9. The van der Waals surface area contributed by atoms with E-state index < -0.39 is 23.5 Å². The highest BCUT2D eigenvalue weighted by Gasteiger charge is 2.44. The topological polar surface area (TPSA) is 70.8 Å². The highest BCUT2D eigenvalue weighted by molar-refractivity contribution is 6.30. The molecule has 5 rings (SSSR count). The molecule has 0 saturated carbocycles. The summed E-state index contributed by atoms with van der Waals surface area (Å²) < 4.78 is 19.0. The van der Waals surface area contributed by atoms with Crippen LogP contribution in [0.15, 0.2) is 94.6 Å². The maximum absolute atomic E-state index is 13.5. The van der Waals surface area contributed by atoms with Gasteiger partial charge in [-0.1, -0.05) is 54.1 Å². The van der Waals surface area contributed by atoms with Gasteiger partial charge < -0.3 is 14.4 Å². The predicted molar refractivity (Wildman–Crippen MR) is 126 cm³/mol. The van der Waals surface area contributed by atoms with Crippen molar-refractivity contribution >= 4 is 34.3 Å². The predicted octanol–water partition coefficient (Wildman–Crippen LogP) is 6.05. The number of carbonyl (C=O) groups excluding carboxylic acids is 2. The van der Waals surface area contributed by atoms with Crippen LogP contribution in [0.1, 0.15) is 27.7 Å². The van der Waals surface area contributed by atoms with Gasteiger partial charge >= 0.3 is 0 Å². The first kappa shape index (κ1) is 21.9. The Morgan fingerprint density at radius 2 is 1.74 bits per heavy atom. The summed E-state index contributed by atoms with van der Waals surface area (Å²) in [5, 5.41) is 12.1. The summed E-state index contributed by atoms with van der Waals surface area (Å²) >= 11 is 6.05. The van der Waals surface area contributed by atoms with Gasteiger partial charge in [-0.05, 0) is 53.9 Å². The van der Waals surface area contributed by atoms with Crippen LogP contribution in [0.25, 0.3) is 11.0 Å². The number of amides is 1. The van der Waals surface area contributed by atoms with Gasteiger partial charge in [-0.15, -0.1) is 0 Å². The molecule has 5 nitrogen and oxygen atoms in total. The van der Waals surface area contributed by atoms with Gasteiger partial charge in [0.25, 0.3) is 5.91 Å². The Morgan fingerprint density at radius 3 is 2.44 bits per heavy atom. The Hall–Kier alpha value is -3.90. The molecule has 0 radical (unpaired) electrons. The Bertz CT molecular complexity index is 1390. The molecule has 1 aliphatic heterocycles. The van der Waals surface area contributed by atoms with Gasteiger partial charge in [0.1, 0.15) is 11.4 Å². The number of aliphatic hydroxyl groups is 1. The molecule has 1 atom stereocenters. The molecule has 1 aliphatic rings. The molecule has 4 aromatic rings. The molecule has 1 unspecified atom stereocenters. The van der Waals surface area contributed by atoms with Gasteiger partial charge in [0, 0.05) is 17.0 Å². The summed E-state index contributed by atoms with van der Waals surface area (Å²) in [6.45, 7) is 0.207. The Morgan fingerprint density at radius 1 is 1.03 bits per heavy atom. The lowest BCUT2D eigenvalue weighted by molar-refractivity contribution is -0.129. The average Bonchev–Trinajstić information content (AvgIpc) is 3.38. The van der Waals surface area contributed by atoms with Gasteiger partial charge in [0.2, 0.25) is 5.78 Å². The Kier molecular flexibility index (Phi) is 5.67. The van der Waals surface area contributed by atoms with E-state index in [2.05, 4.69) is 0 Å². The summed E-state index contributed by atoms with van der Waals surface area (Å²) in [7, 11) is 0. The lowest BCUT2D eigenvalue weighted by Crippen LogP contribution is -2.33. The van der Waals surface area contributed by atoms with Crippen molar-refractivity contribution in [2.24, 2.45) is 0 Å². The number of fused-ring (bicyclic) bond motifs is 1. The number of ketones is 1. The molecule has 0 bridgehead atoms. The van der Waals surface area contributed by atoms with E-state index in [1.807, 2.05) is 12.1 Å². The van der Waals surface area contributed by atoms with E-state index in [0.29, 0.717) is 22.6 Å². The van der Waals surface area contributed by atoms with Gasteiger partial charge in [0.05, 0.1) is 11.6 Å². The van der Waals surface area contributed by atoms with Crippen molar-refractivity contribution in [1.29, 1.82) is 0 Å². The molecule has 2 heterocycles. The smallest absolute Gasteiger partial charge is 0.290 e. The number of hydrogen-bond donors (Lipinski definition) is 1. The molecule has 3 aromatic carbocycles. The van der Waals surface area contributed by atoms with E-state index in [1.165, 1.54) is 17.0 Å². The van der Waals surface area contributed by atoms with Crippen LogP contribution in [0.2, 0.25) is 5.02 Å². The molecular weight excluding hydrogens is 457 g/mol. The van der Waals surface area contributed by atoms with E-state index >= 15 is 0 Å². The summed E-state index contributed by atoms with van der Waals surface area (Å²) in [5.74, 6) is -2.13. The summed E-state index contributed by atoms with van der Waals surface area (Å²) in [4.78, 5) is 28.1. The number of halogens is 2. The SMILES string of the molecule is O=C(C1=C(O)C(=O)N(CCc2ccc(F)cc2)C1c1ccc(Cl)cc1)c1cc2ccccc2o1. The van der Waals surface area contributed by atoms with Crippen LogP contribution in [0.4, 0.5) is 4.39 Å². The third-order valence-electron chi connectivity index (χ3n) is 5.94. The third-order valence-corrected chi connectivity index (χ3v) is 6.19. The molecule has 0 spiro atoms. The van der Waals surface area contributed by atoms with Crippen LogP contribution >= 0.6 is 11.6 Å². The number of Topliss-reactive ketones (excluding diaryl/α,β-unsaturated/α-hetero) is 1. The standard InChI is InChI=1S/C27H19ClFNO4/c28-19-9-7-17(8-10-19)24-23(25(31)22-15-18-3-1-2-4-21(18)34-22)26(32)27(33)30(24)14-13-16-5-11-20(29)12-6-16/h1-12,15,24,32H,13-14H2. The maximum Gasteiger partial charge on any atom is 0.290 e. The van der Waals surface area contributed by atoms with Crippen LogP contribution in [-0.2, 0) is 11.2 Å². The van der Waals surface area contributed by atoms with Crippen molar-refractivity contribution in [2.45, 2.75) is 12.5 Å². The summed E-state index contributed by atoms with van der Waals surface area (Å²) in [6, 6.07) is 20.7. The van der Waals surface area contributed by atoms with Crippen molar-refractivity contribution in [1.82, 2.24) is 4.90 Å². The largest absolute Gasteiger partial charge is 0.503 e. The fraction of sp³-hybridized carbons (Fsp3) is 0.111. The summed E-state index contributed by atoms with van der Waals surface area (Å²) in [5.41, 5.74) is 1.93. The first-order valence-electron chi connectivity index (χ1n) is 10.7. The monoisotopic (exact) mass is 475 g/mol. The van der Waals surface area contributed by atoms with E-state index in [1.54, 1.807) is 54.6 Å². The zero-order valence-corrected chi connectivity index (χ0v) is 18.6. The zero-order chi connectivity index (χ0) is 23.8. The van der Waals surface area contributed by atoms with Crippen LogP contribution in [0.3, 0.4) is 0 Å². The minimum absolute atomic E-state index is 0.0369. The van der Waals surface area contributed by atoms with Crippen LogP contribution in [-0.4, -0.2) is 28.2 Å². The fourth-order valence-corrected chi connectivity index (χ4v) is 4.36. The van der Waals surface area contributed by atoms with Crippen LogP contribution in [0, 0.1) is 5.82 Å². The Balaban J connectivity index is 1.52. The average molecular weight is 476 g/mol. The minimum atomic E-state index is -0.828. The van der Waals surface area contributed by atoms with E-state index in [-0.39, 0.29) is 23.7 Å². The number of nitrogens with zero attached hydrogens (tertiary/aromatic N) is 1. The van der Waals surface area contributed by atoms with E-state index in [4.69, 9.17) is 16.0 Å². The van der Waals surface area contributed by atoms with E-state index in [9.17, 15) is 19.1 Å².